The Bertz CT molecular complexity index is 776. The van der Waals surface area contributed by atoms with Crippen LogP contribution >= 0.6 is 0 Å². The van der Waals surface area contributed by atoms with Gasteiger partial charge in [0.15, 0.2) is 0 Å². The van der Waals surface area contributed by atoms with Crippen LogP contribution in [0.3, 0.4) is 0 Å². The number of allylic oxidation sites excluding steroid dienone is 4. The van der Waals surface area contributed by atoms with Crippen LogP contribution in [0.25, 0.3) is 0 Å². The Balaban J connectivity index is 0.00000208. The van der Waals surface area contributed by atoms with E-state index >= 15 is 0 Å². The van der Waals surface area contributed by atoms with Gasteiger partial charge in [-0.25, -0.2) is 0 Å². The second kappa shape index (κ2) is 10.7. The average molecular weight is 442 g/mol. The van der Waals surface area contributed by atoms with Crippen molar-refractivity contribution in [2.24, 2.45) is 0 Å². The van der Waals surface area contributed by atoms with Crippen molar-refractivity contribution in [3.8, 4) is 0 Å². The normalized spacial score (nSPS) is 13.3. The molecule has 0 atom stereocenters. The minimum absolute atomic E-state index is 0. The number of hydrogen-bond donors (Lipinski definition) is 0. The molecule has 0 aliphatic heterocycles. The molecule has 0 heterocycles. The standard InChI is InChI=1S/C22H23.3ClH.Ti/c1-15-7-5-9-19(13-15)22(20-10-6-8-16(2)14-20)21-12-11-17(3)18(21)4;;;;/h5-10,13-14,22H,12H2,1-4H3;3*1H;/q;;;;+3/p-3. The summed E-state index contributed by atoms with van der Waals surface area (Å²) >= 11 is 2.27. The van der Waals surface area contributed by atoms with Crippen LogP contribution < -0.4 is 37.2 Å². The van der Waals surface area contributed by atoms with E-state index in [9.17, 15) is 0 Å². The van der Waals surface area contributed by atoms with Crippen LogP contribution in [-0.4, -0.2) is 0 Å². The largest absolute Gasteiger partial charge is 1.00 e. The van der Waals surface area contributed by atoms with Gasteiger partial charge in [0, 0.05) is 0 Å². The van der Waals surface area contributed by atoms with Crippen LogP contribution in [0.15, 0.2) is 69.1 Å². The fourth-order valence-corrected chi connectivity index (χ4v) is 4.13. The SMILES string of the molecule is CC1=[C]([Ti+3])CC(C(c2cccc(C)c2)c2cccc(C)c2)=C1C.[Cl-].[Cl-].[Cl-]. The summed E-state index contributed by atoms with van der Waals surface area (Å²) in [5.41, 5.74) is 10.0. The Morgan fingerprint density at radius 1 is 0.731 bits per heavy atom. The van der Waals surface area contributed by atoms with E-state index in [1.54, 1.807) is 5.57 Å². The number of aryl methyl sites for hydroxylation is 2. The monoisotopic (exact) mass is 440 g/mol. The third-order valence-electron chi connectivity index (χ3n) is 4.96. The molecule has 0 saturated carbocycles. The van der Waals surface area contributed by atoms with Gasteiger partial charge in [-0.2, -0.15) is 0 Å². The van der Waals surface area contributed by atoms with E-state index in [1.807, 2.05) is 0 Å². The molecule has 2 aromatic carbocycles. The zero-order chi connectivity index (χ0) is 16.6. The molecule has 0 fully saturated rings. The molecule has 26 heavy (non-hydrogen) atoms. The molecule has 4 heteroatoms. The molecule has 1 aliphatic rings. The van der Waals surface area contributed by atoms with Crippen molar-refractivity contribution >= 4 is 0 Å². The summed E-state index contributed by atoms with van der Waals surface area (Å²) in [6, 6.07) is 18.0. The third kappa shape index (κ3) is 5.27. The molecule has 1 aliphatic carbocycles. The van der Waals surface area contributed by atoms with Crippen LogP contribution in [0.4, 0.5) is 0 Å². The summed E-state index contributed by atoms with van der Waals surface area (Å²) < 4.78 is 1.52. The van der Waals surface area contributed by atoms with Gasteiger partial charge >= 0.3 is 152 Å². The van der Waals surface area contributed by atoms with E-state index < -0.39 is 0 Å². The van der Waals surface area contributed by atoms with Crippen molar-refractivity contribution in [2.45, 2.75) is 40.0 Å². The molecule has 0 saturated heterocycles. The van der Waals surface area contributed by atoms with Crippen LogP contribution in [0.1, 0.15) is 48.4 Å². The van der Waals surface area contributed by atoms with Crippen LogP contribution in [0.5, 0.6) is 0 Å². The van der Waals surface area contributed by atoms with Crippen molar-refractivity contribution in [1.29, 1.82) is 0 Å². The van der Waals surface area contributed by atoms with Gasteiger partial charge in [0.2, 0.25) is 0 Å². The van der Waals surface area contributed by atoms with Gasteiger partial charge in [-0.3, -0.25) is 0 Å². The predicted molar refractivity (Wildman–Crippen MR) is 94.2 cm³/mol. The van der Waals surface area contributed by atoms with Crippen LogP contribution in [0, 0.1) is 13.8 Å². The molecular weight excluding hydrogens is 418 g/mol. The van der Waals surface area contributed by atoms with Crippen molar-refractivity contribution in [1.82, 2.24) is 0 Å². The summed E-state index contributed by atoms with van der Waals surface area (Å²) in [4.78, 5) is 0. The Morgan fingerprint density at radius 3 is 1.54 bits per heavy atom. The zero-order valence-electron chi connectivity index (χ0n) is 15.5. The van der Waals surface area contributed by atoms with Gasteiger partial charge in [-0.1, -0.05) is 0 Å². The zero-order valence-corrected chi connectivity index (χ0v) is 19.4. The molecular formula is C22H23Cl3Ti. The second-order valence-electron chi connectivity index (χ2n) is 6.69. The van der Waals surface area contributed by atoms with Crippen molar-refractivity contribution in [3.63, 3.8) is 0 Å². The smallest absolute Gasteiger partial charge is 1.00 e. The first-order valence-corrected chi connectivity index (χ1v) is 9.00. The number of halogens is 3. The molecule has 0 bridgehead atoms. The first-order chi connectivity index (χ1) is 11.0. The molecule has 0 N–H and O–H groups in total. The van der Waals surface area contributed by atoms with E-state index in [-0.39, 0.29) is 37.2 Å². The van der Waals surface area contributed by atoms with E-state index in [2.05, 4.69) is 96.7 Å². The van der Waals surface area contributed by atoms with Gasteiger partial charge in [0.05, 0.1) is 0 Å². The van der Waals surface area contributed by atoms with Crippen molar-refractivity contribution in [3.05, 3.63) is 91.4 Å². The van der Waals surface area contributed by atoms with Crippen LogP contribution in [0.2, 0.25) is 0 Å². The van der Waals surface area contributed by atoms with Gasteiger partial charge in [0.1, 0.15) is 0 Å². The minimum atomic E-state index is 0. The fraction of sp³-hybridized carbons (Fsp3) is 0.273. The molecule has 136 valence electrons. The Labute approximate surface area is 188 Å². The summed E-state index contributed by atoms with van der Waals surface area (Å²) in [5.74, 6) is 0.363. The summed E-state index contributed by atoms with van der Waals surface area (Å²) in [6.07, 6.45) is 1.10. The van der Waals surface area contributed by atoms with E-state index in [4.69, 9.17) is 0 Å². The predicted octanol–water partition coefficient (Wildman–Crippen LogP) is -3.01. The van der Waals surface area contributed by atoms with E-state index in [0.29, 0.717) is 5.92 Å². The van der Waals surface area contributed by atoms with Gasteiger partial charge in [0.25, 0.3) is 0 Å². The maximum Gasteiger partial charge on any atom is -1.00 e. The van der Waals surface area contributed by atoms with Gasteiger partial charge < -0.3 is 37.2 Å². The van der Waals surface area contributed by atoms with Crippen LogP contribution in [-0.2, 0) is 20.4 Å². The first kappa shape index (κ1) is 25.5. The molecule has 0 amide bonds. The topological polar surface area (TPSA) is 0 Å². The van der Waals surface area contributed by atoms with E-state index in [1.165, 1.54) is 37.3 Å². The van der Waals surface area contributed by atoms with E-state index in [0.717, 1.165) is 6.42 Å². The number of hydrogen-bond acceptors (Lipinski definition) is 0. The minimum Gasteiger partial charge on any atom is -1.00 e. The van der Waals surface area contributed by atoms with Crippen molar-refractivity contribution < 1.29 is 57.7 Å². The summed E-state index contributed by atoms with van der Waals surface area (Å²) in [5, 5.41) is 0. The molecule has 0 aromatic heterocycles. The Hall–Kier alpha value is -0.496. The molecule has 0 unspecified atom stereocenters. The molecule has 2 aromatic rings. The maximum atomic E-state index is 2.34. The second-order valence-corrected chi connectivity index (χ2v) is 7.63. The number of rotatable bonds is 3. The Kier molecular flexibility index (Phi) is 10.5. The average Bonchev–Trinajstić information content (AvgIpc) is 2.76. The van der Waals surface area contributed by atoms with Gasteiger partial charge in [-0.05, 0) is 0 Å². The Morgan fingerprint density at radius 2 is 1.19 bits per heavy atom. The third-order valence-corrected chi connectivity index (χ3v) is 5.83. The summed E-state index contributed by atoms with van der Waals surface area (Å²) in [7, 11) is 0. The number of benzene rings is 2. The fourth-order valence-electron chi connectivity index (χ4n) is 3.54. The quantitative estimate of drug-likeness (QED) is 0.445. The molecule has 0 radical (unpaired) electrons. The first-order valence-electron chi connectivity index (χ1n) is 8.22. The molecule has 0 spiro atoms. The van der Waals surface area contributed by atoms with Gasteiger partial charge in [-0.15, -0.1) is 0 Å². The maximum absolute atomic E-state index is 2.34. The molecule has 0 nitrogen and oxygen atoms in total. The van der Waals surface area contributed by atoms with Crippen molar-refractivity contribution in [2.75, 3.05) is 0 Å². The summed E-state index contributed by atoms with van der Waals surface area (Å²) in [6.45, 7) is 8.92. The molecule has 3 rings (SSSR count).